The van der Waals surface area contributed by atoms with Crippen LogP contribution in [0.3, 0.4) is 0 Å². The molecule has 0 bridgehead atoms. The van der Waals surface area contributed by atoms with Gasteiger partial charge in [-0.15, -0.1) is 0 Å². The van der Waals surface area contributed by atoms with E-state index < -0.39 is 15.9 Å². The van der Waals surface area contributed by atoms with Gasteiger partial charge in [0, 0.05) is 11.1 Å². The Morgan fingerprint density at radius 3 is 2.15 bits per heavy atom. The summed E-state index contributed by atoms with van der Waals surface area (Å²) in [6.45, 7) is 7.87. The van der Waals surface area contributed by atoms with E-state index in [0.29, 0.717) is 5.76 Å². The van der Waals surface area contributed by atoms with Gasteiger partial charge in [-0.3, -0.25) is 4.79 Å². The van der Waals surface area contributed by atoms with E-state index in [1.165, 1.54) is 12.3 Å². The molecule has 180 valence electrons. The van der Waals surface area contributed by atoms with E-state index in [1.807, 2.05) is 48.5 Å². The number of carbonyl (C=O) groups excluding carboxylic acids is 1. The predicted molar refractivity (Wildman–Crippen MR) is 137 cm³/mol. The van der Waals surface area contributed by atoms with Crippen LogP contribution >= 0.6 is 0 Å². The number of carbonyl (C=O) groups is 1. The number of nitrogens with one attached hydrogen (secondary N) is 1. The highest BCUT2D eigenvalue weighted by Gasteiger charge is 2.25. The molecule has 0 unspecified atom stereocenters. The van der Waals surface area contributed by atoms with Gasteiger partial charge in [0.15, 0.2) is 0 Å². The molecule has 6 nitrogen and oxygen atoms in total. The molecule has 0 spiro atoms. The first-order valence-corrected chi connectivity index (χ1v) is 12.9. The summed E-state index contributed by atoms with van der Waals surface area (Å²) in [7, 11) is -3.90. The topological polar surface area (TPSA) is 79.6 Å². The lowest BCUT2D eigenvalue weighted by Crippen LogP contribution is -2.36. The van der Waals surface area contributed by atoms with Crippen LogP contribution in [-0.4, -0.2) is 25.2 Å². The van der Waals surface area contributed by atoms with Crippen molar-refractivity contribution >= 4 is 27.7 Å². The van der Waals surface area contributed by atoms with Crippen LogP contribution in [0.5, 0.6) is 0 Å². The lowest BCUT2D eigenvalue weighted by Gasteiger charge is -2.22. The third kappa shape index (κ3) is 6.68. The van der Waals surface area contributed by atoms with Gasteiger partial charge in [-0.1, -0.05) is 76.2 Å². The zero-order chi connectivity index (χ0) is 24.7. The fourth-order valence-corrected chi connectivity index (χ4v) is 4.77. The Kier molecular flexibility index (Phi) is 8.47. The first-order chi connectivity index (χ1) is 16.2. The monoisotopic (exact) mass is 480 g/mol. The van der Waals surface area contributed by atoms with Crippen molar-refractivity contribution in [3.05, 3.63) is 94.8 Å². The molecule has 0 saturated carbocycles. The number of para-hydroxylation sites is 1. The van der Waals surface area contributed by atoms with Gasteiger partial charge in [0.2, 0.25) is 15.9 Å². The smallest absolute Gasteiger partial charge is 0.239 e. The number of furan rings is 1. The van der Waals surface area contributed by atoms with Crippen molar-refractivity contribution in [1.29, 1.82) is 0 Å². The summed E-state index contributed by atoms with van der Waals surface area (Å²) >= 11 is 0. The van der Waals surface area contributed by atoms with Crippen LogP contribution in [-0.2, 0) is 21.4 Å². The second-order valence-corrected chi connectivity index (χ2v) is 10.6. The average molecular weight is 481 g/mol. The molecule has 1 aromatic heterocycles. The number of rotatable bonds is 10. The Bertz CT molecular complexity index is 1190. The van der Waals surface area contributed by atoms with Crippen LogP contribution in [0, 0.1) is 0 Å². The van der Waals surface area contributed by atoms with E-state index >= 15 is 0 Å². The third-order valence-corrected chi connectivity index (χ3v) is 6.92. The van der Waals surface area contributed by atoms with Crippen molar-refractivity contribution in [2.24, 2.45) is 0 Å². The Balaban J connectivity index is 1.87. The number of hydrogen-bond acceptors (Lipinski definition) is 4. The van der Waals surface area contributed by atoms with E-state index in [1.54, 1.807) is 12.1 Å². The third-order valence-electron chi connectivity index (χ3n) is 5.46. The van der Waals surface area contributed by atoms with E-state index in [0.717, 1.165) is 32.1 Å². The van der Waals surface area contributed by atoms with Crippen molar-refractivity contribution in [2.45, 2.75) is 46.1 Å². The molecule has 0 fully saturated rings. The largest absolute Gasteiger partial charge is 0.468 e. The summed E-state index contributed by atoms with van der Waals surface area (Å²) in [6.07, 6.45) is 3.00. The highest BCUT2D eigenvalue weighted by atomic mass is 32.2. The summed E-state index contributed by atoms with van der Waals surface area (Å²) in [5, 5.41) is 4.12. The second kappa shape index (κ2) is 11.3. The lowest BCUT2D eigenvalue weighted by atomic mass is 9.92. The molecule has 0 aliphatic heterocycles. The van der Waals surface area contributed by atoms with Crippen molar-refractivity contribution in [3.8, 4) is 0 Å². The predicted octanol–water partition coefficient (Wildman–Crippen LogP) is 5.97. The van der Waals surface area contributed by atoms with Gasteiger partial charge in [-0.25, -0.2) is 8.42 Å². The fraction of sp³-hybridized carbons (Fsp3) is 0.296. The number of nitrogens with zero attached hydrogens (tertiary/aromatic N) is 1. The van der Waals surface area contributed by atoms with E-state index in [9.17, 15) is 13.2 Å². The maximum atomic E-state index is 13.2. The minimum absolute atomic E-state index is 0.0508. The van der Waals surface area contributed by atoms with Crippen molar-refractivity contribution < 1.29 is 17.6 Å². The molecule has 7 heteroatoms. The highest BCUT2D eigenvalue weighted by Crippen LogP contribution is 2.32. The van der Waals surface area contributed by atoms with E-state index in [4.69, 9.17) is 4.42 Å². The molecule has 0 radical (unpaired) electrons. The van der Waals surface area contributed by atoms with Crippen LogP contribution in [0.2, 0.25) is 0 Å². The molecular weight excluding hydrogens is 448 g/mol. The summed E-state index contributed by atoms with van der Waals surface area (Å²) in [6, 6.07) is 18.5. The molecule has 3 rings (SSSR count). The number of benzene rings is 2. The molecule has 0 saturated heterocycles. The zero-order valence-corrected chi connectivity index (χ0v) is 20.9. The van der Waals surface area contributed by atoms with Gasteiger partial charge in [0.25, 0.3) is 0 Å². The molecule has 0 aliphatic carbocycles. The molecule has 1 heterocycles. The van der Waals surface area contributed by atoms with Gasteiger partial charge in [-0.2, -0.15) is 4.31 Å². The average Bonchev–Trinajstić information content (AvgIpc) is 3.31. The molecule has 3 aromatic rings. The Morgan fingerprint density at radius 2 is 1.59 bits per heavy atom. The molecule has 0 atom stereocenters. The lowest BCUT2D eigenvalue weighted by molar-refractivity contribution is -0.116. The van der Waals surface area contributed by atoms with Crippen LogP contribution in [0.25, 0.3) is 6.08 Å². The molecule has 1 N–H and O–H groups in total. The molecular formula is C27H32N2O4S. The first kappa shape index (κ1) is 25.5. The van der Waals surface area contributed by atoms with Crippen molar-refractivity contribution in [3.63, 3.8) is 0 Å². The van der Waals surface area contributed by atoms with Crippen LogP contribution < -0.4 is 5.32 Å². The quantitative estimate of drug-likeness (QED) is 0.388. The maximum absolute atomic E-state index is 13.2. The molecule has 0 aliphatic rings. The van der Waals surface area contributed by atoms with Crippen LogP contribution in [0.1, 0.15) is 62.0 Å². The summed E-state index contributed by atoms with van der Waals surface area (Å²) in [5.74, 6) is 0.449. The normalized spacial score (nSPS) is 12.2. The molecule has 2 aromatic carbocycles. The fourth-order valence-electron chi connectivity index (χ4n) is 3.66. The Morgan fingerprint density at radius 1 is 0.941 bits per heavy atom. The second-order valence-electron chi connectivity index (χ2n) is 8.77. The van der Waals surface area contributed by atoms with Gasteiger partial charge in [0.1, 0.15) is 5.76 Å². The van der Waals surface area contributed by atoms with Gasteiger partial charge in [-0.05, 0) is 46.7 Å². The van der Waals surface area contributed by atoms with Gasteiger partial charge < -0.3 is 9.73 Å². The number of sulfonamides is 1. The van der Waals surface area contributed by atoms with Crippen LogP contribution in [0.4, 0.5) is 5.69 Å². The van der Waals surface area contributed by atoms with Crippen molar-refractivity contribution in [1.82, 2.24) is 4.31 Å². The molecule has 1 amide bonds. The Hall–Kier alpha value is -3.16. The minimum atomic E-state index is -3.90. The Labute approximate surface area is 202 Å². The summed E-state index contributed by atoms with van der Waals surface area (Å²) < 4.78 is 32.9. The highest BCUT2D eigenvalue weighted by molar-refractivity contribution is 7.92. The standard InChI is InChI=1S/C27H32N2O4S/c1-20(2)24-13-8-14-25(21(3)4)27(24)28-26(30)19-29(18-23-12-9-16-33-23)34(31,32)17-15-22-10-6-5-7-11-22/h5-17,20-21H,18-19H2,1-4H3,(H,28,30)/b17-15+. The number of hydrogen-bond donors (Lipinski definition) is 1. The van der Waals surface area contributed by atoms with E-state index in [-0.39, 0.29) is 24.9 Å². The summed E-state index contributed by atoms with van der Waals surface area (Å²) in [5.41, 5.74) is 3.54. The van der Waals surface area contributed by atoms with Gasteiger partial charge in [0.05, 0.1) is 19.4 Å². The first-order valence-electron chi connectivity index (χ1n) is 11.4. The van der Waals surface area contributed by atoms with Gasteiger partial charge >= 0.3 is 0 Å². The number of anilines is 1. The maximum Gasteiger partial charge on any atom is 0.239 e. The minimum Gasteiger partial charge on any atom is -0.468 e. The number of amides is 1. The van der Waals surface area contributed by atoms with E-state index in [2.05, 4.69) is 33.0 Å². The molecule has 34 heavy (non-hydrogen) atoms. The zero-order valence-electron chi connectivity index (χ0n) is 20.1. The van der Waals surface area contributed by atoms with Crippen LogP contribution in [0.15, 0.2) is 76.8 Å². The summed E-state index contributed by atoms with van der Waals surface area (Å²) in [4.78, 5) is 13.1. The van der Waals surface area contributed by atoms with Crippen molar-refractivity contribution in [2.75, 3.05) is 11.9 Å². The SMILES string of the molecule is CC(C)c1cccc(C(C)C)c1NC(=O)CN(Cc1ccco1)S(=O)(=O)/C=C/c1ccccc1.